The second-order valence-corrected chi connectivity index (χ2v) is 7.93. The van der Waals surface area contributed by atoms with Crippen molar-refractivity contribution in [2.24, 2.45) is 17.3 Å². The van der Waals surface area contributed by atoms with Gasteiger partial charge in [0.25, 0.3) is 0 Å². The fraction of sp³-hybridized carbons (Fsp3) is 0.571. The molecule has 3 nitrogen and oxygen atoms in total. The molecule has 1 aromatic rings. The number of nitriles is 1. The van der Waals surface area contributed by atoms with E-state index >= 15 is 0 Å². The number of nitrogens with zero attached hydrogens (tertiary/aromatic N) is 1. The molecule has 0 saturated heterocycles. The summed E-state index contributed by atoms with van der Waals surface area (Å²) in [6.07, 6.45) is 8.69. The quantitative estimate of drug-likeness (QED) is 0.762. The first-order valence-corrected chi connectivity index (χ1v) is 9.07. The van der Waals surface area contributed by atoms with Crippen LogP contribution in [-0.2, 0) is 6.42 Å². The van der Waals surface area contributed by atoms with Gasteiger partial charge in [0.05, 0.1) is 13.2 Å². The number of phenolic OH excluding ortho intramolecular Hbond substituents is 1. The van der Waals surface area contributed by atoms with Crippen LogP contribution in [0.3, 0.4) is 0 Å². The van der Waals surface area contributed by atoms with E-state index < -0.39 is 0 Å². The van der Waals surface area contributed by atoms with Gasteiger partial charge in [-0.1, -0.05) is 12.5 Å². The number of fused-ring (bicyclic) bond motifs is 5. The first kappa shape index (κ1) is 15.6. The van der Waals surface area contributed by atoms with Crippen molar-refractivity contribution in [3.63, 3.8) is 0 Å². The van der Waals surface area contributed by atoms with Crippen LogP contribution < -0.4 is 4.74 Å². The van der Waals surface area contributed by atoms with Crippen molar-refractivity contribution in [3.8, 4) is 17.6 Å². The van der Waals surface area contributed by atoms with Crippen molar-refractivity contribution in [1.82, 2.24) is 0 Å². The van der Waals surface area contributed by atoms with E-state index in [0.717, 1.165) is 19.3 Å². The van der Waals surface area contributed by atoms with Crippen LogP contribution in [-0.4, -0.2) is 12.2 Å². The summed E-state index contributed by atoms with van der Waals surface area (Å²) in [5.74, 6) is 2.80. The number of methoxy groups -OCH3 is 1. The van der Waals surface area contributed by atoms with Crippen molar-refractivity contribution in [1.29, 1.82) is 5.26 Å². The predicted octanol–water partition coefficient (Wildman–Crippen LogP) is 4.71. The summed E-state index contributed by atoms with van der Waals surface area (Å²) in [7, 11) is 1.62. The summed E-state index contributed by atoms with van der Waals surface area (Å²) >= 11 is 0. The minimum Gasteiger partial charge on any atom is -0.504 e. The molecule has 0 aromatic heterocycles. The molecule has 1 aromatic carbocycles. The molecule has 0 bridgehead atoms. The van der Waals surface area contributed by atoms with E-state index in [1.165, 1.54) is 36.0 Å². The smallest absolute Gasteiger partial charge is 0.160 e. The average Bonchev–Trinajstić information content (AvgIpc) is 2.91. The summed E-state index contributed by atoms with van der Waals surface area (Å²) in [6, 6.07) is 6.26. The maximum absolute atomic E-state index is 10.1. The van der Waals surface area contributed by atoms with Crippen LogP contribution in [0, 0.1) is 28.6 Å². The highest BCUT2D eigenvalue weighted by Gasteiger charge is 2.52. The molecule has 0 heterocycles. The molecule has 0 spiro atoms. The summed E-state index contributed by atoms with van der Waals surface area (Å²) < 4.78 is 5.35. The SMILES string of the molecule is COc1cc2c(cc1O)CC[C@@H]1[C@@H]2CC[C@]2(C)/C(=C/C#N)CC[C@@H]12. The lowest BCUT2D eigenvalue weighted by Crippen LogP contribution is -2.40. The van der Waals surface area contributed by atoms with Crippen LogP contribution in [0.25, 0.3) is 0 Å². The van der Waals surface area contributed by atoms with Gasteiger partial charge in [0.15, 0.2) is 11.5 Å². The van der Waals surface area contributed by atoms with E-state index in [2.05, 4.69) is 19.1 Å². The Labute approximate surface area is 143 Å². The largest absolute Gasteiger partial charge is 0.504 e. The van der Waals surface area contributed by atoms with Crippen molar-refractivity contribution < 1.29 is 9.84 Å². The Morgan fingerprint density at radius 1 is 1.29 bits per heavy atom. The number of aryl methyl sites for hydroxylation is 1. The van der Waals surface area contributed by atoms with Gasteiger partial charge in [0.2, 0.25) is 0 Å². The normalized spacial score (nSPS) is 35.7. The van der Waals surface area contributed by atoms with Gasteiger partial charge < -0.3 is 9.84 Å². The highest BCUT2D eigenvalue weighted by atomic mass is 16.5. The Hall–Kier alpha value is -1.95. The van der Waals surface area contributed by atoms with Crippen LogP contribution in [0.15, 0.2) is 23.8 Å². The fourth-order valence-corrected chi connectivity index (χ4v) is 5.91. The summed E-state index contributed by atoms with van der Waals surface area (Å²) in [5, 5.41) is 19.2. The molecule has 0 aliphatic heterocycles. The lowest BCUT2D eigenvalue weighted by molar-refractivity contribution is 0.0813. The number of aromatic hydroxyl groups is 1. The van der Waals surface area contributed by atoms with E-state index in [1.54, 1.807) is 7.11 Å². The lowest BCUT2D eigenvalue weighted by atomic mass is 9.55. The Bertz CT molecular complexity index is 745. The molecule has 0 unspecified atom stereocenters. The molecule has 4 rings (SSSR count). The molecule has 126 valence electrons. The number of phenols is 1. The van der Waals surface area contributed by atoms with E-state index in [1.807, 2.05) is 12.1 Å². The monoisotopic (exact) mass is 323 g/mol. The first-order chi connectivity index (χ1) is 11.6. The van der Waals surface area contributed by atoms with E-state index in [0.29, 0.717) is 23.5 Å². The molecule has 4 atom stereocenters. The molecule has 0 amide bonds. The predicted molar refractivity (Wildman–Crippen MR) is 93.0 cm³/mol. The molecule has 3 aliphatic carbocycles. The number of rotatable bonds is 1. The maximum atomic E-state index is 10.1. The molecule has 0 radical (unpaired) electrons. The van der Waals surface area contributed by atoms with Crippen molar-refractivity contribution in [2.45, 2.75) is 51.4 Å². The number of hydrogen-bond donors (Lipinski definition) is 1. The Morgan fingerprint density at radius 2 is 2.12 bits per heavy atom. The summed E-state index contributed by atoms with van der Waals surface area (Å²) in [6.45, 7) is 2.39. The zero-order valence-corrected chi connectivity index (χ0v) is 14.5. The van der Waals surface area contributed by atoms with Gasteiger partial charge in [0, 0.05) is 6.08 Å². The lowest BCUT2D eigenvalue weighted by Gasteiger charge is -2.49. The Balaban J connectivity index is 1.72. The van der Waals surface area contributed by atoms with Crippen LogP contribution in [0.5, 0.6) is 11.5 Å². The zero-order valence-electron chi connectivity index (χ0n) is 14.5. The maximum Gasteiger partial charge on any atom is 0.160 e. The average molecular weight is 323 g/mol. The molecule has 24 heavy (non-hydrogen) atoms. The highest BCUT2D eigenvalue weighted by molar-refractivity contribution is 5.49. The summed E-state index contributed by atoms with van der Waals surface area (Å²) in [4.78, 5) is 0. The van der Waals surface area contributed by atoms with Crippen LogP contribution >= 0.6 is 0 Å². The topological polar surface area (TPSA) is 53.2 Å². The van der Waals surface area contributed by atoms with Crippen molar-refractivity contribution >= 4 is 0 Å². The Morgan fingerprint density at radius 3 is 2.88 bits per heavy atom. The third kappa shape index (κ3) is 2.09. The first-order valence-electron chi connectivity index (χ1n) is 9.07. The standard InChI is InChI=1S/C21H25NO2/c1-21-9-7-15-16(18(21)6-4-14(21)8-10-22)5-3-13-11-19(23)20(24-2)12-17(13)15/h8,11-12,15-16,18,23H,3-7,9H2,1-2H3/b14-8+/t15-,16+,18-,21+/m0/s1. The zero-order chi connectivity index (χ0) is 16.9. The van der Waals surface area contributed by atoms with Crippen molar-refractivity contribution in [3.05, 3.63) is 34.9 Å². The van der Waals surface area contributed by atoms with Crippen molar-refractivity contribution in [2.75, 3.05) is 7.11 Å². The van der Waals surface area contributed by atoms with Gasteiger partial charge in [-0.15, -0.1) is 0 Å². The molecular weight excluding hydrogens is 298 g/mol. The fourth-order valence-electron chi connectivity index (χ4n) is 5.91. The molecule has 1 N–H and O–H groups in total. The molecule has 2 saturated carbocycles. The van der Waals surface area contributed by atoms with E-state index in [4.69, 9.17) is 10.00 Å². The summed E-state index contributed by atoms with van der Waals surface area (Å²) in [5.41, 5.74) is 4.28. The van der Waals surface area contributed by atoms with Gasteiger partial charge >= 0.3 is 0 Å². The molecule has 3 aliphatic rings. The molecular formula is C21H25NO2. The second-order valence-electron chi connectivity index (χ2n) is 7.93. The van der Waals surface area contributed by atoms with Gasteiger partial charge in [-0.3, -0.25) is 0 Å². The minimum atomic E-state index is 0.218. The number of ether oxygens (including phenoxy) is 1. The number of benzene rings is 1. The number of allylic oxidation sites excluding steroid dienone is 2. The van der Waals surface area contributed by atoms with Gasteiger partial charge in [-0.05, 0) is 85.0 Å². The Kier molecular flexibility index (Phi) is 3.60. The van der Waals surface area contributed by atoms with E-state index in [-0.39, 0.29) is 11.2 Å². The van der Waals surface area contributed by atoms with Gasteiger partial charge in [0.1, 0.15) is 0 Å². The highest BCUT2D eigenvalue weighted by Crippen LogP contribution is 2.63. The van der Waals surface area contributed by atoms with E-state index in [9.17, 15) is 5.11 Å². The van der Waals surface area contributed by atoms with Crippen LogP contribution in [0.4, 0.5) is 0 Å². The number of hydrogen-bond acceptors (Lipinski definition) is 3. The third-order valence-electron chi connectivity index (χ3n) is 7.11. The third-order valence-corrected chi connectivity index (χ3v) is 7.11. The van der Waals surface area contributed by atoms with Gasteiger partial charge in [-0.2, -0.15) is 5.26 Å². The minimum absolute atomic E-state index is 0.218. The van der Waals surface area contributed by atoms with Gasteiger partial charge in [-0.25, -0.2) is 0 Å². The molecule has 2 fully saturated rings. The van der Waals surface area contributed by atoms with Crippen LogP contribution in [0.2, 0.25) is 0 Å². The second kappa shape index (κ2) is 5.55. The molecule has 3 heteroatoms. The van der Waals surface area contributed by atoms with Crippen LogP contribution in [0.1, 0.15) is 56.1 Å².